The number of pyridine rings is 1. The van der Waals surface area contributed by atoms with E-state index in [0.717, 1.165) is 30.2 Å². The molecule has 2 aliphatic carbocycles. The number of nitrogens with one attached hydrogen (secondary N) is 1. The first kappa shape index (κ1) is 14.8. The molecule has 6 heteroatoms. The molecule has 0 spiro atoms. The number of aliphatic hydroxyl groups is 1. The molecular formula is C19H20N4O2. The van der Waals surface area contributed by atoms with Gasteiger partial charge in [-0.1, -0.05) is 23.4 Å². The van der Waals surface area contributed by atoms with Crippen molar-refractivity contribution in [3.05, 3.63) is 58.1 Å². The molecule has 5 rings (SSSR count). The van der Waals surface area contributed by atoms with E-state index in [9.17, 15) is 9.90 Å². The predicted octanol–water partition coefficient (Wildman–Crippen LogP) is 2.18. The monoisotopic (exact) mass is 336 g/mol. The van der Waals surface area contributed by atoms with Crippen LogP contribution in [0, 0.1) is 11.8 Å². The third-order valence-corrected chi connectivity index (χ3v) is 5.96. The minimum absolute atomic E-state index is 0.116. The number of aromatic nitrogens is 4. The third-order valence-electron chi connectivity index (χ3n) is 5.96. The number of fused-ring (bicyclic) bond motifs is 3. The molecule has 0 saturated heterocycles. The summed E-state index contributed by atoms with van der Waals surface area (Å²) in [5, 5.41) is 20.4. The maximum atomic E-state index is 12.3. The lowest BCUT2D eigenvalue weighted by Crippen LogP contribution is -2.32. The van der Waals surface area contributed by atoms with Gasteiger partial charge in [0.15, 0.2) is 0 Å². The van der Waals surface area contributed by atoms with E-state index in [-0.39, 0.29) is 5.56 Å². The van der Waals surface area contributed by atoms with Crippen molar-refractivity contribution in [3.63, 3.8) is 0 Å². The van der Waals surface area contributed by atoms with Crippen LogP contribution < -0.4 is 5.56 Å². The number of para-hydroxylation sites is 1. The van der Waals surface area contributed by atoms with Crippen LogP contribution in [0.1, 0.15) is 36.9 Å². The summed E-state index contributed by atoms with van der Waals surface area (Å²) in [7, 11) is 0. The highest BCUT2D eigenvalue weighted by atomic mass is 16.3. The van der Waals surface area contributed by atoms with Crippen molar-refractivity contribution < 1.29 is 5.11 Å². The van der Waals surface area contributed by atoms with E-state index < -0.39 is 5.60 Å². The summed E-state index contributed by atoms with van der Waals surface area (Å²) in [5.41, 5.74) is 1.16. The number of benzene rings is 1. The summed E-state index contributed by atoms with van der Waals surface area (Å²) in [6.45, 7) is 0.345. The fourth-order valence-electron chi connectivity index (χ4n) is 4.67. The van der Waals surface area contributed by atoms with Gasteiger partial charge in [0.05, 0.1) is 12.7 Å². The molecule has 128 valence electrons. The Morgan fingerprint density at radius 3 is 3.00 bits per heavy atom. The van der Waals surface area contributed by atoms with E-state index in [1.807, 2.05) is 30.3 Å². The Balaban J connectivity index is 1.45. The molecule has 2 saturated carbocycles. The average molecular weight is 336 g/mol. The van der Waals surface area contributed by atoms with Gasteiger partial charge in [-0.05, 0) is 55.0 Å². The van der Waals surface area contributed by atoms with Crippen molar-refractivity contribution in [2.75, 3.05) is 0 Å². The lowest BCUT2D eigenvalue weighted by Gasteiger charge is -2.30. The maximum absolute atomic E-state index is 12.3. The number of rotatable bonds is 3. The normalized spacial score (nSPS) is 28.0. The molecular weight excluding hydrogens is 316 g/mol. The second-order valence-electron chi connectivity index (χ2n) is 7.52. The second kappa shape index (κ2) is 5.26. The topological polar surface area (TPSA) is 83.8 Å². The zero-order valence-corrected chi connectivity index (χ0v) is 13.9. The third kappa shape index (κ3) is 2.32. The summed E-state index contributed by atoms with van der Waals surface area (Å²) < 4.78 is 1.65. The minimum atomic E-state index is -0.836. The Hall–Kier alpha value is -2.47. The highest BCUT2D eigenvalue weighted by molar-refractivity contribution is 5.78. The number of hydrogen-bond donors (Lipinski definition) is 2. The Kier molecular flexibility index (Phi) is 3.12. The van der Waals surface area contributed by atoms with Gasteiger partial charge in [-0.25, -0.2) is 4.68 Å². The Bertz CT molecular complexity index is 1010. The maximum Gasteiger partial charge on any atom is 0.253 e. The molecule has 3 atom stereocenters. The SMILES string of the molecule is O=c1[nH]c2ccccc2cc1Cn1cc(C2(O)CC3CCC2C3)nn1. The van der Waals surface area contributed by atoms with Gasteiger partial charge in [0, 0.05) is 11.1 Å². The Morgan fingerprint density at radius 1 is 1.32 bits per heavy atom. The van der Waals surface area contributed by atoms with E-state index >= 15 is 0 Å². The van der Waals surface area contributed by atoms with Gasteiger partial charge in [-0.3, -0.25) is 4.79 Å². The lowest BCUT2D eigenvalue weighted by molar-refractivity contribution is -0.0222. The number of H-pyrrole nitrogens is 1. The van der Waals surface area contributed by atoms with Crippen LogP contribution in [0.3, 0.4) is 0 Å². The quantitative estimate of drug-likeness (QED) is 0.768. The highest BCUT2D eigenvalue weighted by Crippen LogP contribution is 2.54. The van der Waals surface area contributed by atoms with Crippen LogP contribution >= 0.6 is 0 Å². The Labute approximate surface area is 144 Å². The van der Waals surface area contributed by atoms with E-state index in [4.69, 9.17) is 0 Å². The van der Waals surface area contributed by atoms with Gasteiger partial charge in [0.2, 0.25) is 0 Å². The lowest BCUT2D eigenvalue weighted by atomic mass is 9.82. The molecule has 2 aromatic heterocycles. The van der Waals surface area contributed by atoms with Crippen LogP contribution in [-0.4, -0.2) is 25.1 Å². The second-order valence-corrected chi connectivity index (χ2v) is 7.52. The van der Waals surface area contributed by atoms with Crippen molar-refractivity contribution >= 4 is 10.9 Å². The Morgan fingerprint density at radius 2 is 2.20 bits per heavy atom. The molecule has 3 aromatic rings. The molecule has 2 fully saturated rings. The van der Waals surface area contributed by atoms with Gasteiger partial charge in [-0.2, -0.15) is 0 Å². The van der Waals surface area contributed by atoms with Crippen LogP contribution in [0.15, 0.2) is 41.3 Å². The highest BCUT2D eigenvalue weighted by Gasteiger charge is 2.52. The van der Waals surface area contributed by atoms with Gasteiger partial charge >= 0.3 is 0 Å². The van der Waals surface area contributed by atoms with Crippen LogP contribution in [0.5, 0.6) is 0 Å². The zero-order valence-electron chi connectivity index (χ0n) is 13.9. The first-order chi connectivity index (χ1) is 12.1. The standard InChI is InChI=1S/C19H20N4O2/c24-18-14(8-13-3-1-2-4-16(13)20-18)10-23-11-17(21-22-23)19(25)9-12-5-6-15(19)7-12/h1-4,8,11-12,15,25H,5-7,9-10H2,(H,20,24). The molecule has 2 aliphatic rings. The van der Waals surface area contributed by atoms with E-state index in [1.54, 1.807) is 10.9 Å². The van der Waals surface area contributed by atoms with E-state index in [0.29, 0.717) is 29.6 Å². The van der Waals surface area contributed by atoms with E-state index in [1.165, 1.54) is 6.42 Å². The molecule has 6 nitrogen and oxygen atoms in total. The van der Waals surface area contributed by atoms with Gasteiger partial charge in [-0.15, -0.1) is 5.10 Å². The summed E-state index contributed by atoms with van der Waals surface area (Å²) in [4.78, 5) is 15.2. The smallest absolute Gasteiger partial charge is 0.253 e. The molecule has 0 radical (unpaired) electrons. The van der Waals surface area contributed by atoms with Crippen LogP contribution in [0.25, 0.3) is 10.9 Å². The van der Waals surface area contributed by atoms with Crippen LogP contribution in [0.2, 0.25) is 0 Å². The molecule has 2 N–H and O–H groups in total. The van der Waals surface area contributed by atoms with Crippen LogP contribution in [-0.2, 0) is 12.1 Å². The van der Waals surface area contributed by atoms with Crippen molar-refractivity contribution in [2.45, 2.75) is 37.8 Å². The largest absolute Gasteiger partial charge is 0.383 e. The molecule has 1 aromatic carbocycles. The van der Waals surface area contributed by atoms with Gasteiger partial charge < -0.3 is 10.1 Å². The summed E-state index contributed by atoms with van der Waals surface area (Å²) in [6, 6.07) is 9.60. The summed E-state index contributed by atoms with van der Waals surface area (Å²) >= 11 is 0. The predicted molar refractivity (Wildman–Crippen MR) is 93.0 cm³/mol. The molecule has 25 heavy (non-hydrogen) atoms. The molecule has 0 amide bonds. The fourth-order valence-corrected chi connectivity index (χ4v) is 4.67. The molecule has 2 bridgehead atoms. The summed E-state index contributed by atoms with van der Waals surface area (Å²) in [5.74, 6) is 0.912. The fraction of sp³-hybridized carbons (Fsp3) is 0.421. The molecule has 2 heterocycles. The average Bonchev–Trinajstić information content (AvgIpc) is 3.31. The first-order valence-corrected chi connectivity index (χ1v) is 8.86. The van der Waals surface area contributed by atoms with E-state index in [2.05, 4.69) is 15.3 Å². The number of aromatic amines is 1. The van der Waals surface area contributed by atoms with Crippen molar-refractivity contribution in [1.82, 2.24) is 20.0 Å². The van der Waals surface area contributed by atoms with Gasteiger partial charge in [0.1, 0.15) is 11.3 Å². The van der Waals surface area contributed by atoms with Gasteiger partial charge in [0.25, 0.3) is 5.56 Å². The number of nitrogens with zero attached hydrogens (tertiary/aromatic N) is 3. The van der Waals surface area contributed by atoms with Crippen molar-refractivity contribution in [3.8, 4) is 0 Å². The zero-order chi connectivity index (χ0) is 17.0. The number of hydrogen-bond acceptors (Lipinski definition) is 4. The van der Waals surface area contributed by atoms with Crippen molar-refractivity contribution in [2.24, 2.45) is 11.8 Å². The van der Waals surface area contributed by atoms with Crippen LogP contribution in [0.4, 0.5) is 0 Å². The molecule has 3 unspecified atom stereocenters. The van der Waals surface area contributed by atoms with Crippen molar-refractivity contribution in [1.29, 1.82) is 0 Å². The summed E-state index contributed by atoms with van der Waals surface area (Å²) in [6.07, 6.45) is 5.96. The molecule has 0 aliphatic heterocycles. The first-order valence-electron chi connectivity index (χ1n) is 8.86. The minimum Gasteiger partial charge on any atom is -0.383 e.